The van der Waals surface area contributed by atoms with Crippen LogP contribution in [0.15, 0.2) is 15.7 Å². The van der Waals surface area contributed by atoms with Crippen molar-refractivity contribution in [3.8, 4) is 0 Å². The van der Waals surface area contributed by atoms with Gasteiger partial charge in [-0.1, -0.05) is 0 Å². The number of pyridine rings is 1. The topological polar surface area (TPSA) is 98.0 Å². The largest absolute Gasteiger partial charge is 0.351 e. The highest BCUT2D eigenvalue weighted by Crippen LogP contribution is 2.14. The average molecular weight is 432 g/mol. The Hall–Kier alpha value is -1.90. The second-order valence-electron chi connectivity index (χ2n) is 6.99. The number of aromatic nitrogens is 3. The van der Waals surface area contributed by atoms with E-state index in [0.29, 0.717) is 23.4 Å². The van der Waals surface area contributed by atoms with Crippen molar-refractivity contribution in [2.45, 2.75) is 26.2 Å². The van der Waals surface area contributed by atoms with E-state index in [0.717, 1.165) is 24.1 Å². The molecule has 0 saturated carbocycles. The van der Waals surface area contributed by atoms with Crippen LogP contribution in [0.4, 0.5) is 0 Å². The van der Waals surface area contributed by atoms with Gasteiger partial charge in [-0.15, -0.1) is 24.8 Å². The van der Waals surface area contributed by atoms with Gasteiger partial charge in [0.05, 0.1) is 5.39 Å². The number of nitrogens with zero attached hydrogens (tertiary/aromatic N) is 3. The Kier molecular flexibility index (Phi) is 8.66. The van der Waals surface area contributed by atoms with Gasteiger partial charge in [-0.3, -0.25) is 18.7 Å². The number of halogens is 2. The van der Waals surface area contributed by atoms with Crippen LogP contribution in [-0.4, -0.2) is 39.7 Å². The molecule has 1 saturated heterocycles. The van der Waals surface area contributed by atoms with E-state index in [-0.39, 0.29) is 42.1 Å². The number of amides is 1. The zero-order valence-corrected chi connectivity index (χ0v) is 17.9. The standard InChI is InChI=1S/C18H25N5O3.2ClH/c1-11-9-13(16(24)20-8-6-12-5-4-7-19-10-12)21-15-14(11)17(25)23(3)18(26)22(15)2;;/h9,12,19H,4-8,10H2,1-3H3,(H,20,24);2*1H. The van der Waals surface area contributed by atoms with E-state index >= 15 is 0 Å². The Morgan fingerprint density at radius 2 is 2.00 bits per heavy atom. The summed E-state index contributed by atoms with van der Waals surface area (Å²) in [7, 11) is 2.98. The third-order valence-electron chi connectivity index (χ3n) is 5.08. The van der Waals surface area contributed by atoms with Gasteiger partial charge in [0.25, 0.3) is 11.5 Å². The Bertz CT molecular complexity index is 964. The van der Waals surface area contributed by atoms with E-state index < -0.39 is 11.2 Å². The van der Waals surface area contributed by atoms with Crippen molar-refractivity contribution in [3.63, 3.8) is 0 Å². The quantitative estimate of drug-likeness (QED) is 0.749. The minimum atomic E-state index is -0.461. The zero-order valence-electron chi connectivity index (χ0n) is 16.3. The lowest BCUT2D eigenvalue weighted by Gasteiger charge is -2.22. The van der Waals surface area contributed by atoms with Gasteiger partial charge in [-0.2, -0.15) is 0 Å². The number of hydrogen-bond acceptors (Lipinski definition) is 5. The van der Waals surface area contributed by atoms with Crippen LogP contribution in [0.25, 0.3) is 11.0 Å². The van der Waals surface area contributed by atoms with Crippen LogP contribution in [0.2, 0.25) is 0 Å². The van der Waals surface area contributed by atoms with Gasteiger partial charge < -0.3 is 10.6 Å². The molecule has 2 aromatic rings. The number of fused-ring (bicyclic) bond motifs is 1. The summed E-state index contributed by atoms with van der Waals surface area (Å²) in [4.78, 5) is 41.2. The van der Waals surface area contributed by atoms with Crippen molar-refractivity contribution < 1.29 is 4.79 Å². The number of nitrogens with one attached hydrogen (secondary N) is 2. The number of carbonyl (C=O) groups excluding carboxylic acids is 1. The van der Waals surface area contributed by atoms with Crippen LogP contribution in [-0.2, 0) is 14.1 Å². The second kappa shape index (κ2) is 10.0. The Balaban J connectivity index is 0.00000196. The van der Waals surface area contributed by atoms with Crippen LogP contribution < -0.4 is 21.9 Å². The first kappa shape index (κ1) is 24.1. The van der Waals surface area contributed by atoms with E-state index in [1.807, 2.05) is 0 Å². The summed E-state index contributed by atoms with van der Waals surface area (Å²) < 4.78 is 2.35. The minimum Gasteiger partial charge on any atom is -0.351 e. The maximum absolute atomic E-state index is 12.5. The van der Waals surface area contributed by atoms with Gasteiger partial charge in [0.2, 0.25) is 0 Å². The molecule has 1 atom stereocenters. The first-order chi connectivity index (χ1) is 12.4. The molecule has 1 amide bonds. The number of rotatable bonds is 4. The molecule has 0 aromatic carbocycles. The van der Waals surface area contributed by atoms with Crippen LogP contribution in [0.5, 0.6) is 0 Å². The molecular formula is C18H27Cl2N5O3. The summed E-state index contributed by atoms with van der Waals surface area (Å²) in [6.07, 6.45) is 3.28. The summed E-state index contributed by atoms with van der Waals surface area (Å²) in [5.74, 6) is 0.297. The zero-order chi connectivity index (χ0) is 18.8. The molecule has 1 unspecified atom stereocenters. The van der Waals surface area contributed by atoms with Gasteiger partial charge in [0.1, 0.15) is 11.3 Å². The molecular weight excluding hydrogens is 405 g/mol. The first-order valence-corrected chi connectivity index (χ1v) is 8.96. The van der Waals surface area contributed by atoms with Gasteiger partial charge in [-0.25, -0.2) is 9.78 Å². The molecule has 1 aliphatic heterocycles. The van der Waals surface area contributed by atoms with E-state index in [4.69, 9.17) is 0 Å². The highest BCUT2D eigenvalue weighted by Gasteiger charge is 2.17. The molecule has 8 nitrogen and oxygen atoms in total. The predicted molar refractivity (Wildman–Crippen MR) is 114 cm³/mol. The lowest BCUT2D eigenvalue weighted by atomic mass is 9.96. The maximum Gasteiger partial charge on any atom is 0.332 e. The van der Waals surface area contributed by atoms with Crippen LogP contribution in [0.1, 0.15) is 35.3 Å². The highest BCUT2D eigenvalue weighted by molar-refractivity contribution is 5.95. The lowest BCUT2D eigenvalue weighted by molar-refractivity contribution is 0.0946. The summed E-state index contributed by atoms with van der Waals surface area (Å²) in [5, 5.41) is 6.62. The van der Waals surface area contributed by atoms with Crippen molar-refractivity contribution in [3.05, 3.63) is 38.2 Å². The van der Waals surface area contributed by atoms with E-state index in [1.165, 1.54) is 24.5 Å². The van der Waals surface area contributed by atoms with Crippen molar-refractivity contribution in [2.24, 2.45) is 20.0 Å². The summed E-state index contributed by atoms with van der Waals surface area (Å²) >= 11 is 0. The van der Waals surface area contributed by atoms with Gasteiger partial charge >= 0.3 is 5.69 Å². The smallest absolute Gasteiger partial charge is 0.332 e. The van der Waals surface area contributed by atoms with Crippen molar-refractivity contribution in [1.29, 1.82) is 0 Å². The Morgan fingerprint density at radius 3 is 2.64 bits per heavy atom. The number of aryl methyl sites for hydroxylation is 2. The van der Waals surface area contributed by atoms with Gasteiger partial charge in [0, 0.05) is 20.6 Å². The molecule has 156 valence electrons. The lowest BCUT2D eigenvalue weighted by Crippen LogP contribution is -2.38. The third kappa shape index (κ3) is 4.74. The second-order valence-corrected chi connectivity index (χ2v) is 6.99. The predicted octanol–water partition coefficient (Wildman–Crippen LogP) is 0.904. The maximum atomic E-state index is 12.5. The molecule has 1 aliphatic rings. The Labute approximate surface area is 175 Å². The fourth-order valence-electron chi connectivity index (χ4n) is 3.50. The SMILES string of the molecule is Cc1cc(C(=O)NCCC2CCCNC2)nc2c1c(=O)n(C)c(=O)n2C.Cl.Cl. The molecule has 2 aromatic heterocycles. The highest BCUT2D eigenvalue weighted by atomic mass is 35.5. The van der Waals surface area contributed by atoms with Crippen molar-refractivity contribution in [1.82, 2.24) is 24.8 Å². The minimum absolute atomic E-state index is 0. The molecule has 0 spiro atoms. The monoisotopic (exact) mass is 431 g/mol. The third-order valence-corrected chi connectivity index (χ3v) is 5.08. The molecule has 28 heavy (non-hydrogen) atoms. The summed E-state index contributed by atoms with van der Waals surface area (Å²) in [6, 6.07) is 1.60. The van der Waals surface area contributed by atoms with Crippen molar-refractivity contribution in [2.75, 3.05) is 19.6 Å². The molecule has 2 N–H and O–H groups in total. The number of carbonyl (C=O) groups is 1. The first-order valence-electron chi connectivity index (χ1n) is 8.96. The van der Waals surface area contributed by atoms with Gasteiger partial charge in [0.15, 0.2) is 0 Å². The fourth-order valence-corrected chi connectivity index (χ4v) is 3.50. The van der Waals surface area contributed by atoms with Crippen molar-refractivity contribution >= 4 is 41.8 Å². The summed E-state index contributed by atoms with van der Waals surface area (Å²) in [6.45, 7) is 4.40. The average Bonchev–Trinajstić information content (AvgIpc) is 2.64. The Morgan fingerprint density at radius 1 is 1.29 bits per heavy atom. The molecule has 3 heterocycles. The van der Waals surface area contributed by atoms with Crippen LogP contribution >= 0.6 is 24.8 Å². The number of piperidine rings is 1. The number of hydrogen-bond donors (Lipinski definition) is 2. The normalized spacial score (nSPS) is 16.2. The molecule has 10 heteroatoms. The van der Waals surface area contributed by atoms with Crippen LogP contribution in [0, 0.1) is 12.8 Å². The molecule has 0 radical (unpaired) electrons. The molecule has 0 aliphatic carbocycles. The molecule has 1 fully saturated rings. The summed E-state index contributed by atoms with van der Waals surface area (Å²) in [5.41, 5.74) is 0.231. The fraction of sp³-hybridized carbons (Fsp3) is 0.556. The van der Waals surface area contributed by atoms with E-state index in [9.17, 15) is 14.4 Å². The van der Waals surface area contributed by atoms with Crippen LogP contribution in [0.3, 0.4) is 0 Å². The van der Waals surface area contributed by atoms with Gasteiger partial charge in [-0.05, 0) is 56.8 Å². The molecule has 0 bridgehead atoms. The molecule has 3 rings (SSSR count). The van der Waals surface area contributed by atoms with E-state index in [1.54, 1.807) is 20.0 Å². The van der Waals surface area contributed by atoms with E-state index in [2.05, 4.69) is 15.6 Å².